The highest BCUT2D eigenvalue weighted by atomic mass is 35.5. The second-order valence-corrected chi connectivity index (χ2v) is 6.29. The third-order valence-corrected chi connectivity index (χ3v) is 4.26. The minimum atomic E-state index is -0.242. The summed E-state index contributed by atoms with van der Waals surface area (Å²) in [5.74, 6) is 1.95. The molecule has 2 rings (SSSR count). The van der Waals surface area contributed by atoms with Gasteiger partial charge in [0.25, 0.3) is 0 Å². The molecule has 0 N–H and O–H groups in total. The van der Waals surface area contributed by atoms with Crippen LogP contribution in [0.5, 0.6) is 11.5 Å². The summed E-state index contributed by atoms with van der Waals surface area (Å²) in [6.45, 7) is 5.46. The standard InChI is InChI=1S/C21H26ClFO2/c1-3-5-12-25-21-15-20(24-13-6-11-22)16(4-2)14-19(21)17-7-9-18(23)10-8-17/h7-10,14-15H,3-6,11-13H2,1-2H3. The molecule has 2 aromatic rings. The molecule has 0 spiro atoms. The maximum absolute atomic E-state index is 13.3. The monoisotopic (exact) mass is 364 g/mol. The Labute approximate surface area is 154 Å². The van der Waals surface area contributed by atoms with Crippen molar-refractivity contribution in [2.75, 3.05) is 19.1 Å². The first-order valence-electron chi connectivity index (χ1n) is 8.94. The van der Waals surface area contributed by atoms with Crippen LogP contribution in [0.25, 0.3) is 11.1 Å². The summed E-state index contributed by atoms with van der Waals surface area (Å²) in [6, 6.07) is 10.6. The lowest BCUT2D eigenvalue weighted by Crippen LogP contribution is -2.04. The molecule has 0 amide bonds. The van der Waals surface area contributed by atoms with Crippen molar-refractivity contribution in [3.05, 3.63) is 47.8 Å². The van der Waals surface area contributed by atoms with E-state index in [9.17, 15) is 4.39 Å². The predicted molar refractivity (Wildman–Crippen MR) is 102 cm³/mol. The average molecular weight is 365 g/mol. The summed E-state index contributed by atoms with van der Waals surface area (Å²) in [4.78, 5) is 0. The van der Waals surface area contributed by atoms with Gasteiger partial charge in [0.05, 0.1) is 13.2 Å². The predicted octanol–water partition coefficient (Wildman–Crippen LogP) is 6.24. The third-order valence-electron chi connectivity index (χ3n) is 3.99. The molecule has 0 unspecified atom stereocenters. The molecule has 2 nitrogen and oxygen atoms in total. The van der Waals surface area contributed by atoms with Gasteiger partial charge in [0, 0.05) is 17.5 Å². The number of benzene rings is 2. The van der Waals surface area contributed by atoms with Gasteiger partial charge in [0.2, 0.25) is 0 Å². The zero-order valence-electron chi connectivity index (χ0n) is 15.0. The Hall–Kier alpha value is -1.74. The number of unbranched alkanes of at least 4 members (excludes halogenated alkanes) is 1. The second-order valence-electron chi connectivity index (χ2n) is 5.91. The Kier molecular flexibility index (Phi) is 8.07. The Morgan fingerprint density at radius 1 is 0.920 bits per heavy atom. The minimum Gasteiger partial charge on any atom is -0.493 e. The molecule has 0 atom stereocenters. The first-order valence-corrected chi connectivity index (χ1v) is 9.47. The molecule has 136 valence electrons. The summed E-state index contributed by atoms with van der Waals surface area (Å²) in [7, 11) is 0. The lowest BCUT2D eigenvalue weighted by Gasteiger charge is -2.17. The molecule has 25 heavy (non-hydrogen) atoms. The van der Waals surface area contributed by atoms with E-state index >= 15 is 0 Å². The molecule has 0 aliphatic carbocycles. The number of rotatable bonds is 10. The molecule has 0 saturated heterocycles. The van der Waals surface area contributed by atoms with Crippen molar-refractivity contribution in [3.8, 4) is 22.6 Å². The summed E-state index contributed by atoms with van der Waals surface area (Å²) >= 11 is 5.74. The topological polar surface area (TPSA) is 18.5 Å². The van der Waals surface area contributed by atoms with Gasteiger partial charge in [-0.05, 0) is 48.6 Å². The van der Waals surface area contributed by atoms with Gasteiger partial charge in [0.1, 0.15) is 17.3 Å². The van der Waals surface area contributed by atoms with Crippen LogP contribution in [0.3, 0.4) is 0 Å². The molecular weight excluding hydrogens is 339 g/mol. The molecular formula is C21H26ClFO2. The smallest absolute Gasteiger partial charge is 0.130 e. The van der Waals surface area contributed by atoms with Crippen LogP contribution in [0.4, 0.5) is 4.39 Å². The Bertz CT molecular complexity index is 656. The van der Waals surface area contributed by atoms with E-state index in [-0.39, 0.29) is 5.82 Å². The maximum Gasteiger partial charge on any atom is 0.130 e. The van der Waals surface area contributed by atoms with Crippen molar-refractivity contribution >= 4 is 11.6 Å². The van der Waals surface area contributed by atoms with E-state index < -0.39 is 0 Å². The van der Waals surface area contributed by atoms with E-state index in [0.717, 1.165) is 53.9 Å². The highest BCUT2D eigenvalue weighted by Gasteiger charge is 2.13. The van der Waals surface area contributed by atoms with Gasteiger partial charge in [0.15, 0.2) is 0 Å². The third kappa shape index (κ3) is 5.64. The van der Waals surface area contributed by atoms with Crippen molar-refractivity contribution in [1.82, 2.24) is 0 Å². The lowest BCUT2D eigenvalue weighted by atomic mass is 10.00. The fourth-order valence-corrected chi connectivity index (χ4v) is 2.66. The Morgan fingerprint density at radius 3 is 2.24 bits per heavy atom. The van der Waals surface area contributed by atoms with Gasteiger partial charge < -0.3 is 9.47 Å². The van der Waals surface area contributed by atoms with E-state index in [4.69, 9.17) is 21.1 Å². The first kappa shape index (κ1) is 19.6. The van der Waals surface area contributed by atoms with E-state index in [0.29, 0.717) is 19.1 Å². The van der Waals surface area contributed by atoms with Crippen LogP contribution in [0, 0.1) is 5.82 Å². The van der Waals surface area contributed by atoms with Gasteiger partial charge in [-0.2, -0.15) is 0 Å². The maximum atomic E-state index is 13.3. The van der Waals surface area contributed by atoms with Crippen molar-refractivity contribution in [2.45, 2.75) is 39.5 Å². The van der Waals surface area contributed by atoms with Crippen LogP contribution in [-0.4, -0.2) is 19.1 Å². The Balaban J connectivity index is 2.38. The van der Waals surface area contributed by atoms with Crippen LogP contribution < -0.4 is 9.47 Å². The molecule has 0 radical (unpaired) electrons. The zero-order chi connectivity index (χ0) is 18.1. The molecule has 0 aliphatic rings. The SMILES string of the molecule is CCCCOc1cc(OCCCCl)c(CC)cc1-c1ccc(F)cc1. The largest absolute Gasteiger partial charge is 0.493 e. The van der Waals surface area contributed by atoms with Crippen molar-refractivity contribution < 1.29 is 13.9 Å². The van der Waals surface area contributed by atoms with Crippen LogP contribution in [0.15, 0.2) is 36.4 Å². The normalized spacial score (nSPS) is 10.7. The van der Waals surface area contributed by atoms with Gasteiger partial charge in [-0.3, -0.25) is 0 Å². The van der Waals surface area contributed by atoms with Crippen LogP contribution in [0.2, 0.25) is 0 Å². The number of hydrogen-bond donors (Lipinski definition) is 0. The molecule has 0 fully saturated rings. The molecule has 0 heterocycles. The highest BCUT2D eigenvalue weighted by Crippen LogP contribution is 2.37. The van der Waals surface area contributed by atoms with Crippen LogP contribution in [0.1, 0.15) is 38.7 Å². The quantitative estimate of drug-likeness (QED) is 0.367. The van der Waals surface area contributed by atoms with E-state index in [2.05, 4.69) is 19.9 Å². The van der Waals surface area contributed by atoms with E-state index in [1.54, 1.807) is 12.1 Å². The van der Waals surface area contributed by atoms with Gasteiger partial charge in [-0.15, -0.1) is 11.6 Å². The second kappa shape index (κ2) is 10.3. The highest BCUT2D eigenvalue weighted by molar-refractivity contribution is 6.17. The number of halogens is 2. The molecule has 0 aromatic heterocycles. The fraction of sp³-hybridized carbons (Fsp3) is 0.429. The summed E-state index contributed by atoms with van der Waals surface area (Å²) in [5.41, 5.74) is 3.02. The van der Waals surface area contributed by atoms with Gasteiger partial charge >= 0.3 is 0 Å². The fourth-order valence-electron chi connectivity index (χ4n) is 2.55. The lowest BCUT2D eigenvalue weighted by molar-refractivity contribution is 0.297. The summed E-state index contributed by atoms with van der Waals surface area (Å²) < 4.78 is 25.2. The van der Waals surface area contributed by atoms with E-state index in [1.165, 1.54) is 12.1 Å². The first-order chi connectivity index (χ1) is 12.2. The van der Waals surface area contributed by atoms with Crippen molar-refractivity contribution in [3.63, 3.8) is 0 Å². The van der Waals surface area contributed by atoms with Crippen LogP contribution >= 0.6 is 11.6 Å². The number of alkyl halides is 1. The van der Waals surface area contributed by atoms with Crippen molar-refractivity contribution in [2.24, 2.45) is 0 Å². The molecule has 4 heteroatoms. The van der Waals surface area contributed by atoms with E-state index in [1.807, 2.05) is 6.07 Å². The number of aryl methyl sites for hydroxylation is 1. The van der Waals surface area contributed by atoms with Crippen LogP contribution in [-0.2, 0) is 6.42 Å². The molecule has 0 saturated carbocycles. The number of hydrogen-bond acceptors (Lipinski definition) is 2. The average Bonchev–Trinajstić information content (AvgIpc) is 2.63. The molecule has 2 aromatic carbocycles. The summed E-state index contributed by atoms with van der Waals surface area (Å²) in [6.07, 6.45) is 3.70. The molecule has 0 bridgehead atoms. The number of ether oxygens (including phenoxy) is 2. The Morgan fingerprint density at radius 2 is 1.60 bits per heavy atom. The summed E-state index contributed by atoms with van der Waals surface area (Å²) in [5, 5.41) is 0. The van der Waals surface area contributed by atoms with Gasteiger partial charge in [-0.25, -0.2) is 4.39 Å². The van der Waals surface area contributed by atoms with Gasteiger partial charge in [-0.1, -0.05) is 32.4 Å². The minimum absolute atomic E-state index is 0.242. The zero-order valence-corrected chi connectivity index (χ0v) is 15.7. The molecule has 0 aliphatic heterocycles. The van der Waals surface area contributed by atoms with Crippen molar-refractivity contribution in [1.29, 1.82) is 0 Å².